The van der Waals surface area contributed by atoms with Crippen LogP contribution in [-0.4, -0.2) is 16.8 Å². The number of anilines is 1. The number of pyridine rings is 1. The molecule has 23 heavy (non-hydrogen) atoms. The molecule has 1 aromatic carbocycles. The zero-order valence-electron chi connectivity index (χ0n) is 13.0. The highest BCUT2D eigenvalue weighted by atomic mass is 35.5. The molecule has 1 saturated heterocycles. The van der Waals surface area contributed by atoms with Crippen LogP contribution in [-0.2, 0) is 16.0 Å². The SMILES string of the molecule is Cc1ccc(CC2C(=O)N(c3ccc(Cl)cn3)C(=O)C2C)cc1. The molecule has 2 unspecified atom stereocenters. The van der Waals surface area contributed by atoms with Gasteiger partial charge in [-0.25, -0.2) is 9.88 Å². The van der Waals surface area contributed by atoms with Gasteiger partial charge in [-0.3, -0.25) is 9.59 Å². The first-order valence-corrected chi connectivity index (χ1v) is 7.90. The Morgan fingerprint density at radius 1 is 1.09 bits per heavy atom. The Bertz CT molecular complexity index is 741. The summed E-state index contributed by atoms with van der Waals surface area (Å²) in [6, 6.07) is 11.3. The lowest BCUT2D eigenvalue weighted by atomic mass is 9.90. The second kappa shape index (κ2) is 6.13. The van der Waals surface area contributed by atoms with Crippen molar-refractivity contribution < 1.29 is 9.59 Å². The number of carbonyl (C=O) groups excluding carboxylic acids is 2. The molecule has 2 atom stereocenters. The van der Waals surface area contributed by atoms with Crippen molar-refractivity contribution in [1.29, 1.82) is 0 Å². The number of aryl methyl sites for hydroxylation is 1. The molecule has 0 N–H and O–H groups in total. The third-order valence-corrected chi connectivity index (χ3v) is 4.49. The van der Waals surface area contributed by atoms with Gasteiger partial charge in [0.15, 0.2) is 0 Å². The Kier molecular flexibility index (Phi) is 4.18. The molecule has 0 radical (unpaired) electrons. The number of hydrogen-bond acceptors (Lipinski definition) is 3. The Morgan fingerprint density at radius 3 is 2.39 bits per heavy atom. The number of benzene rings is 1. The summed E-state index contributed by atoms with van der Waals surface area (Å²) in [5.74, 6) is -0.786. The molecule has 5 heteroatoms. The van der Waals surface area contributed by atoms with E-state index in [1.54, 1.807) is 19.1 Å². The topological polar surface area (TPSA) is 50.3 Å². The lowest BCUT2D eigenvalue weighted by Crippen LogP contribution is -2.31. The number of imide groups is 1. The maximum Gasteiger partial charge on any atom is 0.239 e. The molecule has 0 aliphatic carbocycles. The summed E-state index contributed by atoms with van der Waals surface area (Å²) in [7, 11) is 0. The number of rotatable bonds is 3. The van der Waals surface area contributed by atoms with Gasteiger partial charge in [0.25, 0.3) is 0 Å². The fourth-order valence-electron chi connectivity index (χ4n) is 2.83. The normalized spacial score (nSPS) is 21.1. The molecule has 3 rings (SSSR count). The van der Waals surface area contributed by atoms with Crippen molar-refractivity contribution in [2.45, 2.75) is 20.3 Å². The van der Waals surface area contributed by atoms with Crippen molar-refractivity contribution >= 4 is 29.2 Å². The molecule has 1 fully saturated rings. The number of nitrogens with zero attached hydrogens (tertiary/aromatic N) is 2. The highest BCUT2D eigenvalue weighted by Gasteiger charge is 2.46. The fourth-order valence-corrected chi connectivity index (χ4v) is 2.94. The second-order valence-electron chi connectivity index (χ2n) is 5.93. The molecule has 1 aliphatic heterocycles. The van der Waals surface area contributed by atoms with E-state index in [0.717, 1.165) is 5.56 Å². The number of hydrogen-bond donors (Lipinski definition) is 0. The minimum Gasteiger partial charge on any atom is -0.274 e. The molecule has 1 aliphatic rings. The van der Waals surface area contributed by atoms with E-state index in [-0.39, 0.29) is 23.7 Å². The predicted octanol–water partition coefficient (Wildman–Crippen LogP) is 3.41. The van der Waals surface area contributed by atoms with E-state index in [0.29, 0.717) is 17.3 Å². The maximum atomic E-state index is 12.7. The first kappa shape index (κ1) is 15.7. The highest BCUT2D eigenvalue weighted by molar-refractivity contribution is 6.30. The van der Waals surface area contributed by atoms with Gasteiger partial charge >= 0.3 is 0 Å². The van der Waals surface area contributed by atoms with Crippen LogP contribution in [0.4, 0.5) is 5.82 Å². The van der Waals surface area contributed by atoms with Gasteiger partial charge in [-0.05, 0) is 31.0 Å². The van der Waals surface area contributed by atoms with Gasteiger partial charge in [0.2, 0.25) is 11.8 Å². The molecule has 2 aromatic rings. The highest BCUT2D eigenvalue weighted by Crippen LogP contribution is 2.32. The third-order valence-electron chi connectivity index (χ3n) is 4.27. The van der Waals surface area contributed by atoms with Crippen molar-refractivity contribution in [3.63, 3.8) is 0 Å². The summed E-state index contributed by atoms with van der Waals surface area (Å²) in [6.07, 6.45) is 1.99. The number of carbonyl (C=O) groups is 2. The molecule has 4 nitrogen and oxygen atoms in total. The Hall–Kier alpha value is -2.20. The number of aromatic nitrogens is 1. The standard InChI is InChI=1S/C18H17ClN2O2/c1-11-3-5-13(6-4-11)9-15-12(2)17(22)21(18(15)23)16-8-7-14(19)10-20-16/h3-8,10,12,15H,9H2,1-2H3. The van der Waals surface area contributed by atoms with Crippen molar-refractivity contribution in [3.8, 4) is 0 Å². The minimum atomic E-state index is -0.360. The lowest BCUT2D eigenvalue weighted by molar-refractivity contribution is -0.122. The smallest absolute Gasteiger partial charge is 0.239 e. The molecule has 118 valence electrons. The number of halogens is 1. The van der Waals surface area contributed by atoms with E-state index >= 15 is 0 Å². The van der Waals surface area contributed by atoms with E-state index in [9.17, 15) is 9.59 Å². The van der Waals surface area contributed by atoms with Crippen LogP contribution in [0.1, 0.15) is 18.1 Å². The number of amides is 2. The first-order valence-electron chi connectivity index (χ1n) is 7.52. The second-order valence-corrected chi connectivity index (χ2v) is 6.37. The molecule has 0 saturated carbocycles. The van der Waals surface area contributed by atoms with E-state index in [2.05, 4.69) is 4.98 Å². The van der Waals surface area contributed by atoms with Crippen molar-refractivity contribution in [1.82, 2.24) is 4.98 Å². The summed E-state index contributed by atoms with van der Waals surface area (Å²) in [6.45, 7) is 3.82. The van der Waals surface area contributed by atoms with Crippen LogP contribution in [0.2, 0.25) is 5.02 Å². The monoisotopic (exact) mass is 328 g/mol. The van der Waals surface area contributed by atoms with Crippen molar-refractivity contribution in [2.75, 3.05) is 4.90 Å². The average molecular weight is 329 g/mol. The van der Waals surface area contributed by atoms with Crippen LogP contribution in [0.25, 0.3) is 0 Å². The maximum absolute atomic E-state index is 12.7. The van der Waals surface area contributed by atoms with E-state index in [1.165, 1.54) is 16.7 Å². The van der Waals surface area contributed by atoms with Crippen LogP contribution < -0.4 is 4.90 Å². The van der Waals surface area contributed by atoms with Crippen LogP contribution in [0.15, 0.2) is 42.6 Å². The average Bonchev–Trinajstić information content (AvgIpc) is 2.74. The Balaban J connectivity index is 1.85. The zero-order valence-corrected chi connectivity index (χ0v) is 13.7. The van der Waals surface area contributed by atoms with Gasteiger partial charge < -0.3 is 0 Å². The van der Waals surface area contributed by atoms with Gasteiger partial charge in [0.1, 0.15) is 5.82 Å². The van der Waals surface area contributed by atoms with Gasteiger partial charge in [-0.15, -0.1) is 0 Å². The minimum absolute atomic E-state index is 0.196. The van der Waals surface area contributed by atoms with E-state index < -0.39 is 0 Å². The van der Waals surface area contributed by atoms with Crippen LogP contribution in [0.3, 0.4) is 0 Å². The summed E-state index contributed by atoms with van der Waals surface area (Å²) < 4.78 is 0. The van der Waals surface area contributed by atoms with Crippen LogP contribution in [0, 0.1) is 18.8 Å². The fraction of sp³-hybridized carbons (Fsp3) is 0.278. The molecular formula is C18H17ClN2O2. The van der Waals surface area contributed by atoms with Gasteiger partial charge in [-0.1, -0.05) is 48.4 Å². The lowest BCUT2D eigenvalue weighted by Gasteiger charge is -2.14. The molecule has 0 spiro atoms. The molecule has 2 heterocycles. The Morgan fingerprint density at radius 2 is 1.78 bits per heavy atom. The van der Waals surface area contributed by atoms with Gasteiger partial charge in [0, 0.05) is 12.1 Å². The molecule has 2 amide bonds. The largest absolute Gasteiger partial charge is 0.274 e. The quantitative estimate of drug-likeness (QED) is 0.811. The predicted molar refractivity (Wildman–Crippen MR) is 89.3 cm³/mol. The van der Waals surface area contributed by atoms with Gasteiger partial charge in [0.05, 0.1) is 10.9 Å². The van der Waals surface area contributed by atoms with Gasteiger partial charge in [-0.2, -0.15) is 0 Å². The molecular weight excluding hydrogens is 312 g/mol. The third kappa shape index (κ3) is 2.99. The van der Waals surface area contributed by atoms with Crippen molar-refractivity contribution in [2.24, 2.45) is 11.8 Å². The van der Waals surface area contributed by atoms with Crippen molar-refractivity contribution in [3.05, 3.63) is 58.7 Å². The first-order chi connectivity index (χ1) is 11.0. The molecule has 0 bridgehead atoms. The zero-order chi connectivity index (χ0) is 16.6. The summed E-state index contributed by atoms with van der Waals surface area (Å²) in [4.78, 5) is 30.5. The van der Waals surface area contributed by atoms with E-state index in [4.69, 9.17) is 11.6 Å². The van der Waals surface area contributed by atoms with E-state index in [1.807, 2.05) is 31.2 Å². The summed E-state index contributed by atoms with van der Waals surface area (Å²) >= 11 is 5.82. The summed E-state index contributed by atoms with van der Waals surface area (Å²) in [5, 5.41) is 0.470. The van der Waals surface area contributed by atoms with Crippen LogP contribution in [0.5, 0.6) is 0 Å². The van der Waals surface area contributed by atoms with Crippen LogP contribution >= 0.6 is 11.6 Å². The summed E-state index contributed by atoms with van der Waals surface area (Å²) in [5.41, 5.74) is 2.22. The molecule has 1 aromatic heterocycles. The Labute approximate surface area is 140 Å².